The van der Waals surface area contributed by atoms with Gasteiger partial charge in [-0.15, -0.1) is 0 Å². The molecule has 0 atom stereocenters. The molecular weight excluding hydrogens is 160 g/mol. The van der Waals surface area contributed by atoms with Crippen LogP contribution in [0, 0.1) is 0 Å². The van der Waals surface area contributed by atoms with Crippen LogP contribution in [0.4, 0.5) is 5.82 Å². The lowest BCUT2D eigenvalue weighted by Gasteiger charge is -2.18. The predicted octanol–water partition coefficient (Wildman–Crippen LogP) is 2.35. The van der Waals surface area contributed by atoms with Gasteiger partial charge >= 0.3 is 0 Å². The van der Waals surface area contributed by atoms with Gasteiger partial charge in [0.05, 0.1) is 0 Å². The molecule has 0 aromatic carbocycles. The minimum Gasteiger partial charge on any atom is -0.370 e. The number of hydrogen-bond acceptors (Lipinski definition) is 2. The molecule has 1 aromatic rings. The van der Waals surface area contributed by atoms with E-state index in [1.165, 1.54) is 11.3 Å². The number of hydrogen-bond donors (Lipinski definition) is 1. The standard InChI is InChI=1S/C11H16N2/c1-11(2,3)9-5-4-8-6-7-12-10(8)13-9/h4-5H,6-7H2,1-3H3,(H,12,13). The van der Waals surface area contributed by atoms with Crippen molar-refractivity contribution >= 4 is 5.82 Å². The van der Waals surface area contributed by atoms with Crippen molar-refractivity contribution in [3.8, 4) is 0 Å². The predicted molar refractivity (Wildman–Crippen MR) is 55.1 cm³/mol. The van der Waals surface area contributed by atoms with E-state index in [9.17, 15) is 0 Å². The fourth-order valence-electron chi connectivity index (χ4n) is 1.58. The summed E-state index contributed by atoms with van der Waals surface area (Å²) in [5.41, 5.74) is 2.67. The van der Waals surface area contributed by atoms with Crippen LogP contribution in [0.3, 0.4) is 0 Å². The van der Waals surface area contributed by atoms with Crippen LogP contribution in [0.25, 0.3) is 0 Å². The lowest BCUT2D eigenvalue weighted by molar-refractivity contribution is 0.570. The van der Waals surface area contributed by atoms with Gasteiger partial charge in [-0.2, -0.15) is 0 Å². The summed E-state index contributed by atoms with van der Waals surface area (Å²) in [7, 11) is 0. The summed E-state index contributed by atoms with van der Waals surface area (Å²) in [6.45, 7) is 7.61. The second kappa shape index (κ2) is 2.72. The van der Waals surface area contributed by atoms with Crippen LogP contribution in [-0.4, -0.2) is 11.5 Å². The van der Waals surface area contributed by atoms with Crippen LogP contribution in [0.2, 0.25) is 0 Å². The van der Waals surface area contributed by atoms with E-state index in [4.69, 9.17) is 0 Å². The number of fused-ring (bicyclic) bond motifs is 1. The first-order valence-corrected chi connectivity index (χ1v) is 4.82. The number of nitrogens with zero attached hydrogens (tertiary/aromatic N) is 1. The van der Waals surface area contributed by atoms with Gasteiger partial charge in [0.2, 0.25) is 0 Å². The minimum atomic E-state index is 0.152. The van der Waals surface area contributed by atoms with E-state index in [1.807, 2.05) is 0 Å². The van der Waals surface area contributed by atoms with Crippen LogP contribution >= 0.6 is 0 Å². The summed E-state index contributed by atoms with van der Waals surface area (Å²) >= 11 is 0. The molecule has 13 heavy (non-hydrogen) atoms. The van der Waals surface area contributed by atoms with Crippen LogP contribution < -0.4 is 5.32 Å². The molecule has 70 valence electrons. The van der Waals surface area contributed by atoms with Crippen LogP contribution in [0.15, 0.2) is 12.1 Å². The highest BCUT2D eigenvalue weighted by molar-refractivity contribution is 5.50. The molecule has 2 heteroatoms. The summed E-state index contributed by atoms with van der Waals surface area (Å²) in [6, 6.07) is 4.34. The van der Waals surface area contributed by atoms with Crippen molar-refractivity contribution in [3.63, 3.8) is 0 Å². The first-order valence-electron chi connectivity index (χ1n) is 4.82. The van der Waals surface area contributed by atoms with Gasteiger partial charge in [-0.3, -0.25) is 0 Å². The van der Waals surface area contributed by atoms with E-state index >= 15 is 0 Å². The second-order valence-electron chi connectivity index (χ2n) is 4.63. The molecule has 1 N–H and O–H groups in total. The van der Waals surface area contributed by atoms with E-state index in [1.54, 1.807) is 0 Å². The average Bonchev–Trinajstić information content (AvgIpc) is 2.47. The molecule has 1 aliphatic heterocycles. The maximum Gasteiger partial charge on any atom is 0.129 e. The van der Waals surface area contributed by atoms with Crippen molar-refractivity contribution in [1.82, 2.24) is 4.98 Å². The molecule has 0 saturated carbocycles. The third kappa shape index (κ3) is 1.53. The highest BCUT2D eigenvalue weighted by Crippen LogP contribution is 2.25. The molecule has 2 heterocycles. The van der Waals surface area contributed by atoms with E-state index < -0.39 is 0 Å². The van der Waals surface area contributed by atoms with Crippen LogP contribution in [0.1, 0.15) is 32.0 Å². The molecule has 1 aliphatic rings. The lowest BCUT2D eigenvalue weighted by atomic mass is 9.91. The van der Waals surface area contributed by atoms with E-state index in [0.29, 0.717) is 0 Å². The van der Waals surface area contributed by atoms with Crippen LogP contribution in [0.5, 0.6) is 0 Å². The average molecular weight is 176 g/mol. The Kier molecular flexibility index (Phi) is 1.79. The van der Waals surface area contributed by atoms with Crippen molar-refractivity contribution in [2.45, 2.75) is 32.6 Å². The topological polar surface area (TPSA) is 24.9 Å². The number of rotatable bonds is 0. The summed E-state index contributed by atoms with van der Waals surface area (Å²) in [5, 5.41) is 3.30. The van der Waals surface area contributed by atoms with Gasteiger partial charge in [-0.25, -0.2) is 4.98 Å². The highest BCUT2D eigenvalue weighted by atomic mass is 15.0. The van der Waals surface area contributed by atoms with Crippen molar-refractivity contribution in [3.05, 3.63) is 23.4 Å². The quantitative estimate of drug-likeness (QED) is 0.656. The Labute approximate surface area is 79.4 Å². The highest BCUT2D eigenvalue weighted by Gasteiger charge is 2.18. The Balaban J connectivity index is 2.42. The zero-order valence-corrected chi connectivity index (χ0v) is 8.52. The van der Waals surface area contributed by atoms with Gasteiger partial charge in [0.25, 0.3) is 0 Å². The monoisotopic (exact) mass is 176 g/mol. The molecule has 0 fully saturated rings. The van der Waals surface area contributed by atoms with Gasteiger partial charge < -0.3 is 5.32 Å². The molecule has 0 saturated heterocycles. The maximum atomic E-state index is 4.61. The molecule has 0 amide bonds. The number of anilines is 1. The summed E-state index contributed by atoms with van der Waals surface area (Å²) in [6.07, 6.45) is 1.12. The van der Waals surface area contributed by atoms with Crippen molar-refractivity contribution < 1.29 is 0 Å². The van der Waals surface area contributed by atoms with Crippen LogP contribution in [-0.2, 0) is 11.8 Å². The van der Waals surface area contributed by atoms with E-state index in [0.717, 1.165) is 18.8 Å². The first-order chi connectivity index (χ1) is 6.07. The zero-order chi connectivity index (χ0) is 9.47. The summed E-state index contributed by atoms with van der Waals surface area (Å²) < 4.78 is 0. The van der Waals surface area contributed by atoms with Gasteiger partial charge in [0.1, 0.15) is 5.82 Å². The fourth-order valence-corrected chi connectivity index (χ4v) is 1.58. The molecule has 1 aromatic heterocycles. The Morgan fingerprint density at radius 3 is 2.77 bits per heavy atom. The van der Waals surface area contributed by atoms with E-state index in [2.05, 4.69) is 43.2 Å². The van der Waals surface area contributed by atoms with Gasteiger partial charge in [0.15, 0.2) is 0 Å². The Morgan fingerprint density at radius 1 is 1.31 bits per heavy atom. The third-order valence-electron chi connectivity index (χ3n) is 2.43. The summed E-state index contributed by atoms with van der Waals surface area (Å²) in [5.74, 6) is 1.09. The van der Waals surface area contributed by atoms with Gasteiger partial charge in [-0.05, 0) is 18.1 Å². The van der Waals surface area contributed by atoms with Gasteiger partial charge in [-0.1, -0.05) is 26.8 Å². The number of pyridine rings is 1. The van der Waals surface area contributed by atoms with Crippen molar-refractivity contribution in [1.29, 1.82) is 0 Å². The fraction of sp³-hybridized carbons (Fsp3) is 0.545. The minimum absolute atomic E-state index is 0.152. The molecule has 0 unspecified atom stereocenters. The Morgan fingerprint density at radius 2 is 2.08 bits per heavy atom. The third-order valence-corrected chi connectivity index (χ3v) is 2.43. The maximum absolute atomic E-state index is 4.61. The summed E-state index contributed by atoms with van der Waals surface area (Å²) in [4.78, 5) is 4.61. The molecule has 0 aliphatic carbocycles. The normalized spacial score (nSPS) is 15.3. The SMILES string of the molecule is CC(C)(C)c1ccc2c(n1)NCC2. The lowest BCUT2D eigenvalue weighted by Crippen LogP contribution is -2.13. The molecule has 0 spiro atoms. The van der Waals surface area contributed by atoms with Crippen molar-refractivity contribution in [2.75, 3.05) is 11.9 Å². The second-order valence-corrected chi connectivity index (χ2v) is 4.63. The molecule has 2 nitrogen and oxygen atoms in total. The Hall–Kier alpha value is -1.05. The smallest absolute Gasteiger partial charge is 0.129 e. The first kappa shape index (κ1) is 8.54. The van der Waals surface area contributed by atoms with E-state index in [-0.39, 0.29) is 5.41 Å². The van der Waals surface area contributed by atoms with Crippen molar-refractivity contribution in [2.24, 2.45) is 0 Å². The number of nitrogens with one attached hydrogen (secondary N) is 1. The molecule has 0 radical (unpaired) electrons. The Bertz CT molecular complexity index is 323. The largest absolute Gasteiger partial charge is 0.370 e. The van der Waals surface area contributed by atoms with Gasteiger partial charge in [0, 0.05) is 17.7 Å². The molecule has 2 rings (SSSR count). The zero-order valence-electron chi connectivity index (χ0n) is 8.52. The molecule has 0 bridgehead atoms. The number of aromatic nitrogens is 1. The molecular formula is C11H16N2.